The van der Waals surface area contributed by atoms with E-state index in [1.54, 1.807) is 0 Å². The van der Waals surface area contributed by atoms with Gasteiger partial charge in [0, 0.05) is 23.1 Å². The van der Waals surface area contributed by atoms with E-state index in [-0.39, 0.29) is 5.54 Å². The second-order valence-corrected chi connectivity index (χ2v) is 6.85. The maximum atomic E-state index is 4.31. The summed E-state index contributed by atoms with van der Waals surface area (Å²) in [6.07, 6.45) is 7.04. The molecule has 0 aromatic rings. The quantitative estimate of drug-likeness (QED) is 0.591. The van der Waals surface area contributed by atoms with Crippen LogP contribution in [0.3, 0.4) is 0 Å². The first-order valence-corrected chi connectivity index (χ1v) is 7.66. The van der Waals surface area contributed by atoms with Crippen LogP contribution in [-0.4, -0.2) is 27.4 Å². The summed E-state index contributed by atoms with van der Waals surface area (Å²) in [5.41, 5.74) is 0.287. The topological polar surface area (TPSA) is 3.24 Å². The van der Waals surface area contributed by atoms with E-state index < -0.39 is 0 Å². The molecule has 1 nitrogen and oxygen atoms in total. The third-order valence-corrected chi connectivity index (χ3v) is 4.93. The number of hydrogen-bond acceptors (Lipinski definition) is 3. The van der Waals surface area contributed by atoms with Crippen LogP contribution < -0.4 is 0 Å². The summed E-state index contributed by atoms with van der Waals surface area (Å²) in [5, 5.41) is 0. The highest BCUT2D eigenvalue weighted by Gasteiger charge is 2.30. The van der Waals surface area contributed by atoms with Crippen LogP contribution in [0.1, 0.15) is 52.9 Å². The van der Waals surface area contributed by atoms with Gasteiger partial charge in [0.15, 0.2) is 0 Å². The van der Waals surface area contributed by atoms with Crippen molar-refractivity contribution in [3.63, 3.8) is 0 Å². The van der Waals surface area contributed by atoms with Crippen molar-refractivity contribution in [2.45, 2.75) is 64.5 Å². The lowest BCUT2D eigenvalue weighted by Crippen LogP contribution is -2.44. The Bertz CT molecular complexity index is 171. The molecule has 1 saturated carbocycles. The number of thiol groups is 1. The standard InChI is InChI=1S/C12H25NS2/c1-12(2,3)13(15-10-9-14)11-7-5-4-6-8-11/h11,14H,4-10H2,1-3H3. The SMILES string of the molecule is CC(C)(C)N(SCCS)C1CCCCC1. The van der Waals surface area contributed by atoms with Crippen LogP contribution in [-0.2, 0) is 0 Å². The van der Waals surface area contributed by atoms with E-state index in [4.69, 9.17) is 0 Å². The van der Waals surface area contributed by atoms with E-state index in [0.29, 0.717) is 0 Å². The van der Waals surface area contributed by atoms with Gasteiger partial charge in [-0.1, -0.05) is 31.2 Å². The van der Waals surface area contributed by atoms with Crippen molar-refractivity contribution in [3.05, 3.63) is 0 Å². The molecule has 0 spiro atoms. The first-order chi connectivity index (χ1) is 7.05. The van der Waals surface area contributed by atoms with Gasteiger partial charge in [-0.2, -0.15) is 12.6 Å². The minimum Gasteiger partial charge on any atom is -0.242 e. The Hall–Kier alpha value is 0.660. The molecule has 0 N–H and O–H groups in total. The minimum atomic E-state index is 0.287. The predicted octanol–water partition coefficient (Wildman–Crippen LogP) is 4.00. The summed E-state index contributed by atoms with van der Waals surface area (Å²) in [6.45, 7) is 6.98. The molecule has 0 radical (unpaired) electrons. The summed E-state index contributed by atoms with van der Waals surface area (Å²) >= 11 is 6.30. The van der Waals surface area contributed by atoms with Crippen molar-refractivity contribution in [2.24, 2.45) is 0 Å². The van der Waals surface area contributed by atoms with Gasteiger partial charge in [0.05, 0.1) is 0 Å². The first-order valence-electron chi connectivity index (χ1n) is 6.09. The Morgan fingerprint density at radius 1 is 1.20 bits per heavy atom. The third-order valence-electron chi connectivity index (χ3n) is 2.89. The zero-order valence-electron chi connectivity index (χ0n) is 10.3. The van der Waals surface area contributed by atoms with Crippen molar-refractivity contribution in [1.29, 1.82) is 0 Å². The second kappa shape index (κ2) is 6.41. The highest BCUT2D eigenvalue weighted by Crippen LogP contribution is 2.33. The van der Waals surface area contributed by atoms with E-state index in [1.165, 1.54) is 32.1 Å². The van der Waals surface area contributed by atoms with Gasteiger partial charge in [0.1, 0.15) is 0 Å². The molecule has 0 amide bonds. The molecule has 0 aromatic carbocycles. The van der Waals surface area contributed by atoms with E-state index in [2.05, 4.69) is 37.7 Å². The Morgan fingerprint density at radius 2 is 1.80 bits per heavy atom. The highest BCUT2D eigenvalue weighted by molar-refractivity contribution is 7.97. The minimum absolute atomic E-state index is 0.287. The molecular formula is C12H25NS2. The molecule has 0 saturated heterocycles. The van der Waals surface area contributed by atoms with Gasteiger partial charge in [-0.05, 0) is 33.6 Å². The summed E-state index contributed by atoms with van der Waals surface area (Å²) in [7, 11) is 0. The van der Waals surface area contributed by atoms with Crippen LogP contribution in [0.5, 0.6) is 0 Å². The molecule has 0 aliphatic heterocycles. The number of hydrogen-bond donors (Lipinski definition) is 1. The molecule has 0 heterocycles. The predicted molar refractivity (Wildman–Crippen MR) is 74.8 cm³/mol. The van der Waals surface area contributed by atoms with Crippen molar-refractivity contribution in [3.8, 4) is 0 Å². The molecule has 0 unspecified atom stereocenters. The number of rotatable bonds is 4. The van der Waals surface area contributed by atoms with Crippen molar-refractivity contribution >= 4 is 24.6 Å². The largest absolute Gasteiger partial charge is 0.242 e. The molecule has 0 aromatic heterocycles. The van der Waals surface area contributed by atoms with Gasteiger partial charge >= 0.3 is 0 Å². The molecule has 0 atom stereocenters. The van der Waals surface area contributed by atoms with Crippen LogP contribution >= 0.6 is 24.6 Å². The fourth-order valence-electron chi connectivity index (χ4n) is 2.30. The molecule has 1 aliphatic rings. The third kappa shape index (κ3) is 4.58. The van der Waals surface area contributed by atoms with Crippen LogP contribution in [0.2, 0.25) is 0 Å². The summed E-state index contributed by atoms with van der Waals surface area (Å²) in [5.74, 6) is 2.11. The van der Waals surface area contributed by atoms with Crippen molar-refractivity contribution in [1.82, 2.24) is 4.31 Å². The zero-order valence-corrected chi connectivity index (χ0v) is 12.0. The number of nitrogens with zero attached hydrogens (tertiary/aromatic N) is 1. The Morgan fingerprint density at radius 3 is 2.27 bits per heavy atom. The maximum Gasteiger partial charge on any atom is 0.0232 e. The zero-order chi connectivity index (χ0) is 11.3. The van der Waals surface area contributed by atoms with Crippen molar-refractivity contribution < 1.29 is 0 Å². The summed E-state index contributed by atoms with van der Waals surface area (Å²) < 4.78 is 2.63. The smallest absolute Gasteiger partial charge is 0.0232 e. The van der Waals surface area contributed by atoms with E-state index in [1.807, 2.05) is 11.9 Å². The normalized spacial score (nSPS) is 19.8. The first kappa shape index (κ1) is 13.7. The van der Waals surface area contributed by atoms with E-state index >= 15 is 0 Å². The van der Waals surface area contributed by atoms with Crippen LogP contribution in [0, 0.1) is 0 Å². The monoisotopic (exact) mass is 247 g/mol. The van der Waals surface area contributed by atoms with Gasteiger partial charge in [0.2, 0.25) is 0 Å². The molecule has 15 heavy (non-hydrogen) atoms. The Balaban J connectivity index is 2.53. The lowest BCUT2D eigenvalue weighted by atomic mass is 9.93. The fourth-order valence-corrected chi connectivity index (χ4v) is 3.63. The van der Waals surface area contributed by atoms with Crippen LogP contribution in [0.15, 0.2) is 0 Å². The van der Waals surface area contributed by atoms with E-state index in [9.17, 15) is 0 Å². The fraction of sp³-hybridized carbons (Fsp3) is 1.00. The summed E-state index contributed by atoms with van der Waals surface area (Å²) in [4.78, 5) is 0. The van der Waals surface area contributed by atoms with Gasteiger partial charge < -0.3 is 0 Å². The van der Waals surface area contributed by atoms with Crippen LogP contribution in [0.4, 0.5) is 0 Å². The highest BCUT2D eigenvalue weighted by atomic mass is 32.2. The Kier molecular flexibility index (Phi) is 5.86. The van der Waals surface area contributed by atoms with Gasteiger partial charge in [-0.15, -0.1) is 0 Å². The van der Waals surface area contributed by atoms with Crippen LogP contribution in [0.25, 0.3) is 0 Å². The summed E-state index contributed by atoms with van der Waals surface area (Å²) in [6, 6.07) is 0.795. The average Bonchev–Trinajstić information content (AvgIpc) is 2.18. The molecule has 1 aliphatic carbocycles. The Labute approximate surface area is 105 Å². The molecule has 90 valence electrons. The average molecular weight is 247 g/mol. The van der Waals surface area contributed by atoms with Gasteiger partial charge in [-0.3, -0.25) is 0 Å². The lowest BCUT2D eigenvalue weighted by molar-refractivity contribution is 0.172. The molecule has 1 fully saturated rings. The molecule has 0 bridgehead atoms. The molecular weight excluding hydrogens is 222 g/mol. The second-order valence-electron chi connectivity index (χ2n) is 5.35. The maximum absolute atomic E-state index is 4.31. The van der Waals surface area contributed by atoms with Crippen molar-refractivity contribution in [2.75, 3.05) is 11.5 Å². The molecule has 3 heteroatoms. The van der Waals surface area contributed by atoms with E-state index in [0.717, 1.165) is 17.5 Å². The van der Waals surface area contributed by atoms with Gasteiger partial charge in [-0.25, -0.2) is 4.31 Å². The lowest BCUT2D eigenvalue weighted by Gasteiger charge is -2.42. The molecule has 1 rings (SSSR count). The van der Waals surface area contributed by atoms with Gasteiger partial charge in [0.25, 0.3) is 0 Å².